The number of benzene rings is 2. The molecule has 0 nitrogen and oxygen atoms in total. The fourth-order valence-electron chi connectivity index (χ4n) is 2.06. The SMILES string of the molecule is Cc1ccc(C(Br)c2c(F)cc(F)cc2F)c(C)c1. The van der Waals surface area contributed by atoms with E-state index in [0.29, 0.717) is 12.1 Å². The van der Waals surface area contributed by atoms with E-state index in [4.69, 9.17) is 0 Å². The molecule has 0 radical (unpaired) electrons. The molecule has 4 heteroatoms. The lowest BCUT2D eigenvalue weighted by Crippen LogP contribution is -2.03. The standard InChI is InChI=1S/C15H12BrF3/c1-8-3-4-11(9(2)5-8)15(16)14-12(18)6-10(17)7-13(14)19/h3-7,15H,1-2H3. The second-order valence-corrected chi connectivity index (χ2v) is 5.42. The van der Waals surface area contributed by atoms with Gasteiger partial charge in [-0.1, -0.05) is 39.7 Å². The highest BCUT2D eigenvalue weighted by atomic mass is 79.9. The third-order valence-corrected chi connectivity index (χ3v) is 3.95. The van der Waals surface area contributed by atoms with Crippen LogP contribution < -0.4 is 0 Å². The summed E-state index contributed by atoms with van der Waals surface area (Å²) >= 11 is 3.29. The molecule has 2 aromatic carbocycles. The Morgan fingerprint density at radius 3 is 2.05 bits per heavy atom. The minimum absolute atomic E-state index is 0.173. The molecule has 2 aromatic rings. The van der Waals surface area contributed by atoms with Gasteiger partial charge in [-0.15, -0.1) is 0 Å². The third-order valence-electron chi connectivity index (χ3n) is 3.00. The summed E-state index contributed by atoms with van der Waals surface area (Å²) in [5, 5.41) is 0. The highest BCUT2D eigenvalue weighted by Gasteiger charge is 2.21. The molecule has 0 bridgehead atoms. The molecule has 0 heterocycles. The second kappa shape index (κ2) is 5.37. The van der Waals surface area contributed by atoms with Gasteiger partial charge in [0.2, 0.25) is 0 Å². The molecule has 19 heavy (non-hydrogen) atoms. The van der Waals surface area contributed by atoms with E-state index < -0.39 is 22.3 Å². The molecular weight excluding hydrogens is 317 g/mol. The number of halogens is 4. The molecule has 0 spiro atoms. The number of hydrogen-bond acceptors (Lipinski definition) is 0. The maximum atomic E-state index is 13.7. The summed E-state index contributed by atoms with van der Waals surface area (Å²) in [4.78, 5) is -0.645. The van der Waals surface area contributed by atoms with Crippen molar-refractivity contribution in [3.05, 3.63) is 70.0 Å². The average Bonchev–Trinajstić information content (AvgIpc) is 2.26. The van der Waals surface area contributed by atoms with E-state index in [1.807, 2.05) is 32.0 Å². The van der Waals surface area contributed by atoms with Crippen LogP contribution in [0.2, 0.25) is 0 Å². The summed E-state index contributed by atoms with van der Waals surface area (Å²) in [5.74, 6) is -2.70. The van der Waals surface area contributed by atoms with Crippen LogP contribution in [0.1, 0.15) is 27.1 Å². The molecule has 100 valence electrons. The molecule has 0 saturated carbocycles. The first kappa shape index (κ1) is 14.1. The number of hydrogen-bond donors (Lipinski definition) is 0. The van der Waals surface area contributed by atoms with Crippen LogP contribution >= 0.6 is 15.9 Å². The van der Waals surface area contributed by atoms with E-state index in [1.54, 1.807) is 0 Å². The van der Waals surface area contributed by atoms with E-state index in [-0.39, 0.29) is 5.56 Å². The highest BCUT2D eigenvalue weighted by molar-refractivity contribution is 9.09. The van der Waals surface area contributed by atoms with Gasteiger partial charge in [0.25, 0.3) is 0 Å². The van der Waals surface area contributed by atoms with Crippen molar-refractivity contribution in [1.82, 2.24) is 0 Å². The largest absolute Gasteiger partial charge is 0.207 e. The molecule has 1 atom stereocenters. The number of aryl methyl sites for hydroxylation is 2. The Bertz CT molecular complexity index is 600. The van der Waals surface area contributed by atoms with Gasteiger partial charge in [0, 0.05) is 17.7 Å². The minimum Gasteiger partial charge on any atom is -0.207 e. The van der Waals surface area contributed by atoms with E-state index in [2.05, 4.69) is 15.9 Å². The lowest BCUT2D eigenvalue weighted by molar-refractivity contribution is 0.527. The molecule has 1 unspecified atom stereocenters. The summed E-state index contributed by atoms with van der Waals surface area (Å²) in [5.41, 5.74) is 2.58. The van der Waals surface area contributed by atoms with E-state index in [1.165, 1.54) is 0 Å². The highest BCUT2D eigenvalue weighted by Crippen LogP contribution is 2.36. The molecule has 0 aliphatic carbocycles. The zero-order valence-corrected chi connectivity index (χ0v) is 12.1. The first-order valence-corrected chi connectivity index (χ1v) is 6.67. The zero-order chi connectivity index (χ0) is 14.2. The van der Waals surface area contributed by atoms with Crippen LogP contribution in [-0.2, 0) is 0 Å². The predicted octanol–water partition coefficient (Wildman–Crippen LogP) is 5.21. The molecule has 0 aromatic heterocycles. The topological polar surface area (TPSA) is 0 Å². The van der Waals surface area contributed by atoms with E-state index in [0.717, 1.165) is 16.7 Å². The molecular formula is C15H12BrF3. The fourth-order valence-corrected chi connectivity index (χ4v) is 3.01. The zero-order valence-electron chi connectivity index (χ0n) is 10.5. The molecule has 0 N–H and O–H groups in total. The molecule has 0 amide bonds. The first-order valence-electron chi connectivity index (χ1n) is 5.76. The Hall–Kier alpha value is -1.29. The van der Waals surface area contributed by atoms with Crippen LogP contribution in [0.15, 0.2) is 30.3 Å². The maximum Gasteiger partial charge on any atom is 0.133 e. The van der Waals surface area contributed by atoms with Gasteiger partial charge in [-0.3, -0.25) is 0 Å². The molecule has 0 fully saturated rings. The van der Waals surface area contributed by atoms with Gasteiger partial charge in [-0.25, -0.2) is 13.2 Å². The maximum absolute atomic E-state index is 13.7. The average molecular weight is 329 g/mol. The van der Waals surface area contributed by atoms with Crippen LogP contribution in [0.25, 0.3) is 0 Å². The van der Waals surface area contributed by atoms with Crippen LogP contribution in [0, 0.1) is 31.3 Å². The Kier molecular flexibility index (Phi) is 3.99. The minimum atomic E-state index is -0.918. The summed E-state index contributed by atoms with van der Waals surface area (Å²) in [6.07, 6.45) is 0. The van der Waals surface area contributed by atoms with Gasteiger partial charge >= 0.3 is 0 Å². The van der Waals surface area contributed by atoms with Gasteiger partial charge in [0.15, 0.2) is 0 Å². The quantitative estimate of drug-likeness (QED) is 0.664. The normalized spacial score (nSPS) is 12.5. The number of alkyl halides is 1. The van der Waals surface area contributed by atoms with Gasteiger partial charge in [0.05, 0.1) is 4.83 Å². The summed E-state index contributed by atoms with van der Waals surface area (Å²) in [6.45, 7) is 3.81. The summed E-state index contributed by atoms with van der Waals surface area (Å²) in [7, 11) is 0. The Morgan fingerprint density at radius 1 is 0.947 bits per heavy atom. The van der Waals surface area contributed by atoms with Crippen LogP contribution in [0.3, 0.4) is 0 Å². The van der Waals surface area contributed by atoms with Crippen LogP contribution in [-0.4, -0.2) is 0 Å². The Balaban J connectivity index is 2.53. The lowest BCUT2D eigenvalue weighted by Gasteiger charge is -2.15. The van der Waals surface area contributed by atoms with Crippen molar-refractivity contribution in [3.63, 3.8) is 0 Å². The van der Waals surface area contributed by atoms with E-state index >= 15 is 0 Å². The van der Waals surface area contributed by atoms with Crippen molar-refractivity contribution in [2.24, 2.45) is 0 Å². The van der Waals surface area contributed by atoms with Gasteiger partial charge in [-0.2, -0.15) is 0 Å². The monoisotopic (exact) mass is 328 g/mol. The van der Waals surface area contributed by atoms with Gasteiger partial charge < -0.3 is 0 Å². The predicted molar refractivity (Wildman–Crippen MR) is 73.0 cm³/mol. The van der Waals surface area contributed by atoms with Crippen LogP contribution in [0.4, 0.5) is 13.2 Å². The van der Waals surface area contributed by atoms with Crippen molar-refractivity contribution in [3.8, 4) is 0 Å². The smallest absolute Gasteiger partial charge is 0.133 e. The third kappa shape index (κ3) is 2.84. The van der Waals surface area contributed by atoms with E-state index in [9.17, 15) is 13.2 Å². The van der Waals surface area contributed by atoms with Gasteiger partial charge in [0.1, 0.15) is 17.5 Å². The summed E-state index contributed by atoms with van der Waals surface area (Å²) in [6, 6.07) is 7.00. The lowest BCUT2D eigenvalue weighted by atomic mass is 9.98. The van der Waals surface area contributed by atoms with Crippen molar-refractivity contribution in [2.45, 2.75) is 18.7 Å². The van der Waals surface area contributed by atoms with Crippen molar-refractivity contribution < 1.29 is 13.2 Å². The summed E-state index contributed by atoms with van der Waals surface area (Å²) < 4.78 is 40.4. The molecule has 0 aliphatic rings. The van der Waals surface area contributed by atoms with Crippen molar-refractivity contribution in [2.75, 3.05) is 0 Å². The van der Waals surface area contributed by atoms with Gasteiger partial charge in [-0.05, 0) is 25.0 Å². The molecule has 0 aliphatic heterocycles. The Morgan fingerprint density at radius 2 is 1.53 bits per heavy atom. The second-order valence-electron chi connectivity index (χ2n) is 4.51. The van der Waals surface area contributed by atoms with Crippen molar-refractivity contribution >= 4 is 15.9 Å². The van der Waals surface area contributed by atoms with Crippen molar-refractivity contribution in [1.29, 1.82) is 0 Å². The Labute approximate surface area is 118 Å². The molecule has 0 saturated heterocycles. The molecule has 2 rings (SSSR count). The van der Waals surface area contributed by atoms with Crippen LogP contribution in [0.5, 0.6) is 0 Å². The first-order chi connectivity index (χ1) is 8.90. The fraction of sp³-hybridized carbons (Fsp3) is 0.200. The number of rotatable bonds is 2.